The molecule has 0 aromatic rings. The molecule has 2 amide bonds. The number of hydrogen-bond acceptors (Lipinski definition) is 8. The fraction of sp³-hybridized carbons (Fsp3) is 0.885. The number of carbonyl (C=O) groups is 3. The Bertz CT molecular complexity index is 869. The molecule has 6 fully saturated rings. The van der Waals surface area contributed by atoms with Crippen molar-refractivity contribution in [3.05, 3.63) is 0 Å². The molecule has 1 spiro atoms. The molecule has 0 unspecified atom stereocenters. The van der Waals surface area contributed by atoms with Gasteiger partial charge in [0.1, 0.15) is 0 Å². The van der Waals surface area contributed by atoms with Crippen molar-refractivity contribution in [2.45, 2.75) is 103 Å². The van der Waals surface area contributed by atoms with Gasteiger partial charge < -0.3 is 24.4 Å². The van der Waals surface area contributed by atoms with Gasteiger partial charge >= 0.3 is 5.97 Å². The first-order valence-electron chi connectivity index (χ1n) is 13.7. The van der Waals surface area contributed by atoms with E-state index >= 15 is 0 Å². The lowest BCUT2D eigenvalue weighted by Gasteiger charge is -2.59. The fourth-order valence-corrected chi connectivity index (χ4v) is 6.94. The van der Waals surface area contributed by atoms with Crippen LogP contribution in [0.3, 0.4) is 0 Å². The highest BCUT2D eigenvalue weighted by molar-refractivity contribution is 5.81. The lowest BCUT2D eigenvalue weighted by atomic mass is 9.58. The molecule has 0 aromatic carbocycles. The van der Waals surface area contributed by atoms with Crippen molar-refractivity contribution in [3.63, 3.8) is 0 Å². The van der Waals surface area contributed by atoms with Crippen molar-refractivity contribution in [1.29, 1.82) is 0 Å². The second-order valence-corrected chi connectivity index (χ2v) is 11.5. The van der Waals surface area contributed by atoms with Crippen LogP contribution in [0.5, 0.6) is 0 Å². The summed E-state index contributed by atoms with van der Waals surface area (Å²) in [6.45, 7) is 8.07. The van der Waals surface area contributed by atoms with Gasteiger partial charge in [-0.25, -0.2) is 9.78 Å². The summed E-state index contributed by atoms with van der Waals surface area (Å²) in [5.74, 6) is -0.694. The van der Waals surface area contributed by atoms with E-state index in [0.717, 1.165) is 38.6 Å². The van der Waals surface area contributed by atoms with Gasteiger partial charge in [-0.05, 0) is 50.9 Å². The largest absolute Gasteiger partial charge is 0.435 e. The maximum Gasteiger partial charge on any atom is 0.308 e. The first kappa shape index (κ1) is 25.9. The minimum Gasteiger partial charge on any atom is -0.435 e. The van der Waals surface area contributed by atoms with Crippen molar-refractivity contribution in [1.82, 2.24) is 10.2 Å². The monoisotopic (exact) mass is 508 g/mol. The van der Waals surface area contributed by atoms with E-state index in [1.165, 1.54) is 0 Å². The van der Waals surface area contributed by atoms with Crippen LogP contribution in [0.2, 0.25) is 0 Å². The van der Waals surface area contributed by atoms with Crippen LogP contribution in [-0.2, 0) is 38.4 Å². The Hall–Kier alpha value is -1.75. The second kappa shape index (κ2) is 10.2. The summed E-state index contributed by atoms with van der Waals surface area (Å²) >= 11 is 0. The number of carbonyl (C=O) groups excluding carboxylic acids is 3. The van der Waals surface area contributed by atoms with Crippen molar-refractivity contribution >= 4 is 17.8 Å². The molecule has 202 valence electrons. The molecular formula is C26H40N2O8. The summed E-state index contributed by atoms with van der Waals surface area (Å²) in [6.07, 6.45) is 4.46. The van der Waals surface area contributed by atoms with Gasteiger partial charge in [-0.3, -0.25) is 14.4 Å². The minimum absolute atomic E-state index is 0.0264. The number of amides is 2. The zero-order valence-corrected chi connectivity index (χ0v) is 21.7. The molecule has 1 N–H and O–H groups in total. The van der Waals surface area contributed by atoms with E-state index in [9.17, 15) is 14.4 Å². The number of fused-ring (bicyclic) bond motifs is 2. The average Bonchev–Trinajstić information content (AvgIpc) is 3.12. The van der Waals surface area contributed by atoms with Gasteiger partial charge in [-0.15, -0.1) is 0 Å². The maximum absolute atomic E-state index is 12.7. The van der Waals surface area contributed by atoms with Crippen LogP contribution in [0.15, 0.2) is 0 Å². The highest BCUT2D eigenvalue weighted by atomic mass is 17.3. The Morgan fingerprint density at radius 2 is 1.97 bits per heavy atom. The third-order valence-corrected chi connectivity index (χ3v) is 9.00. The van der Waals surface area contributed by atoms with Crippen LogP contribution in [0.25, 0.3) is 0 Å². The predicted molar refractivity (Wildman–Crippen MR) is 126 cm³/mol. The first-order valence-corrected chi connectivity index (χ1v) is 13.7. The topological polar surface area (TPSA) is 113 Å². The molecule has 5 saturated heterocycles. The zero-order chi connectivity index (χ0) is 25.5. The standard InChI is InChI=1S/C26H40N2O8/c1-16-7-8-19-17(2)23(33-24-26(19)18(16)11-12-25(3,34-24)35-36-26)32-22(31)10-9-20(29)27-13-5-15-28-14-4-6-21(28)30/h16-19,23-24H,4-15H2,1-3H3,(H,27,29)/t16-,17-,18+,19-,23-,24-,25+,26-/m1/s1. The van der Waals surface area contributed by atoms with Crippen LogP contribution in [0.1, 0.15) is 78.6 Å². The van der Waals surface area contributed by atoms with Crippen molar-refractivity contribution in [3.8, 4) is 0 Å². The fourth-order valence-electron chi connectivity index (χ4n) is 6.94. The molecule has 5 heterocycles. The molecule has 1 aliphatic carbocycles. The highest BCUT2D eigenvalue weighted by Crippen LogP contribution is 2.60. The summed E-state index contributed by atoms with van der Waals surface area (Å²) in [7, 11) is 0. The molecule has 0 aromatic heterocycles. The van der Waals surface area contributed by atoms with E-state index in [1.807, 2.05) is 18.7 Å². The Morgan fingerprint density at radius 1 is 1.14 bits per heavy atom. The van der Waals surface area contributed by atoms with Gasteiger partial charge in [0, 0.05) is 50.7 Å². The summed E-state index contributed by atoms with van der Waals surface area (Å²) in [6, 6.07) is 0. The number of nitrogens with zero attached hydrogens (tertiary/aromatic N) is 1. The molecule has 10 heteroatoms. The molecule has 10 nitrogen and oxygen atoms in total. The maximum atomic E-state index is 12.7. The first-order chi connectivity index (χ1) is 17.2. The SMILES string of the molecule is C[C@H]1[C@H](OC(=O)CCC(=O)NCCCN2CCCC2=O)O[C@@H]2O[C@]3(C)CC[C@H]4[C@H](C)CC[C@H]1[C@@]24OO3. The number of nitrogens with one attached hydrogen (secondary N) is 1. The molecule has 8 atom stereocenters. The Labute approximate surface area is 212 Å². The van der Waals surface area contributed by atoms with Crippen LogP contribution in [0, 0.1) is 23.7 Å². The third kappa shape index (κ3) is 4.77. The molecule has 5 aliphatic heterocycles. The molecule has 0 radical (unpaired) electrons. The average molecular weight is 509 g/mol. The molecule has 36 heavy (non-hydrogen) atoms. The van der Waals surface area contributed by atoms with Gasteiger partial charge in [-0.1, -0.05) is 13.8 Å². The van der Waals surface area contributed by atoms with E-state index in [2.05, 4.69) is 12.2 Å². The summed E-state index contributed by atoms with van der Waals surface area (Å²) in [5.41, 5.74) is -0.699. The summed E-state index contributed by atoms with van der Waals surface area (Å²) in [5, 5.41) is 2.82. The van der Waals surface area contributed by atoms with Gasteiger partial charge in [0.05, 0.1) is 6.42 Å². The van der Waals surface area contributed by atoms with E-state index in [0.29, 0.717) is 31.8 Å². The number of rotatable bonds is 8. The molecule has 1 saturated carbocycles. The predicted octanol–water partition coefficient (Wildman–Crippen LogP) is 2.65. The number of likely N-dealkylation sites (tertiary alicyclic amines) is 1. The summed E-state index contributed by atoms with van der Waals surface area (Å²) in [4.78, 5) is 50.2. The molecule has 6 rings (SSSR count). The number of hydrogen-bond donors (Lipinski definition) is 1. The van der Waals surface area contributed by atoms with Crippen molar-refractivity contribution < 1.29 is 38.4 Å². The van der Waals surface area contributed by atoms with E-state index in [-0.39, 0.29) is 42.4 Å². The molecular weight excluding hydrogens is 468 g/mol. The molecule has 2 bridgehead atoms. The van der Waals surface area contributed by atoms with Crippen LogP contribution in [-0.4, -0.2) is 66.3 Å². The van der Waals surface area contributed by atoms with Crippen LogP contribution < -0.4 is 5.32 Å². The lowest BCUT2D eigenvalue weighted by molar-refractivity contribution is -0.576. The highest BCUT2D eigenvalue weighted by Gasteiger charge is 2.69. The Balaban J connectivity index is 1.12. The van der Waals surface area contributed by atoms with Crippen LogP contribution in [0.4, 0.5) is 0 Å². The van der Waals surface area contributed by atoms with Gasteiger partial charge in [0.25, 0.3) is 0 Å². The van der Waals surface area contributed by atoms with Crippen molar-refractivity contribution in [2.75, 3.05) is 19.6 Å². The Morgan fingerprint density at radius 3 is 2.75 bits per heavy atom. The minimum atomic E-state index is -0.882. The quantitative estimate of drug-likeness (QED) is 0.303. The third-order valence-electron chi connectivity index (χ3n) is 9.00. The number of esters is 1. The van der Waals surface area contributed by atoms with Gasteiger partial charge in [0.15, 0.2) is 11.9 Å². The van der Waals surface area contributed by atoms with E-state index in [4.69, 9.17) is 24.0 Å². The lowest BCUT2D eigenvalue weighted by Crippen LogP contribution is -2.70. The zero-order valence-electron chi connectivity index (χ0n) is 21.7. The van der Waals surface area contributed by atoms with Gasteiger partial charge in [-0.2, -0.15) is 0 Å². The smallest absolute Gasteiger partial charge is 0.308 e. The van der Waals surface area contributed by atoms with Crippen LogP contribution >= 0.6 is 0 Å². The van der Waals surface area contributed by atoms with Crippen molar-refractivity contribution in [2.24, 2.45) is 23.7 Å². The van der Waals surface area contributed by atoms with E-state index < -0.39 is 29.9 Å². The summed E-state index contributed by atoms with van der Waals surface area (Å²) < 4.78 is 18.3. The molecule has 6 aliphatic rings. The number of ether oxygens (including phenoxy) is 3. The normalized spacial score (nSPS) is 41.5. The van der Waals surface area contributed by atoms with Gasteiger partial charge in [0.2, 0.25) is 23.9 Å². The Kier molecular flexibility index (Phi) is 7.33. The second-order valence-electron chi connectivity index (χ2n) is 11.5. The van der Waals surface area contributed by atoms with E-state index in [1.54, 1.807) is 0 Å².